The molecule has 5 aromatic rings. The highest BCUT2D eigenvalue weighted by atomic mass is 19.1. The Balaban J connectivity index is 1.45. The van der Waals surface area contributed by atoms with Crippen LogP contribution in [0.25, 0.3) is 22.3 Å². The second-order valence-corrected chi connectivity index (χ2v) is 10.2. The van der Waals surface area contributed by atoms with Crippen molar-refractivity contribution in [1.29, 1.82) is 0 Å². The van der Waals surface area contributed by atoms with Gasteiger partial charge in [0, 0.05) is 23.2 Å². The Hall–Kier alpha value is -5.33. The Bertz CT molecular complexity index is 1790. The number of ether oxygens (including phenoxy) is 1. The summed E-state index contributed by atoms with van der Waals surface area (Å²) in [6.07, 6.45) is 2.65. The number of benzene rings is 2. The van der Waals surface area contributed by atoms with E-state index in [4.69, 9.17) is 10.5 Å². The molecule has 0 saturated carbocycles. The fraction of sp³-hybridized carbons (Fsp3) is 0.179. The quantitative estimate of drug-likeness (QED) is 0.252. The van der Waals surface area contributed by atoms with E-state index >= 15 is 4.39 Å². The molecule has 0 aliphatic heterocycles. The molecule has 4 N–H and O–H groups in total. The minimum absolute atomic E-state index is 0.0829. The monoisotopic (exact) mass is 560 g/mol. The van der Waals surface area contributed by atoms with E-state index in [1.165, 1.54) is 65.2 Å². The van der Waals surface area contributed by atoms with Crippen molar-refractivity contribution < 1.29 is 23.1 Å². The lowest BCUT2D eigenvalue weighted by atomic mass is 9.92. The van der Waals surface area contributed by atoms with Crippen LogP contribution in [-0.2, 0) is 10.2 Å². The minimum atomic E-state index is -0.773. The lowest BCUT2D eigenvalue weighted by molar-refractivity contribution is 0.0601. The van der Waals surface area contributed by atoms with Gasteiger partial charge in [0.1, 0.15) is 29.3 Å². The standard InChI is InChI=1S/C28H26F2N8O3/c1-28(2,3)21-12-22(38(36-21)17-8-6-16(29)7-9-17)35-27(40)34-20-10-5-15(11-19(20)30)23-18(26(39)41-4)13-37-24(23)25(31)32-14-33-37/h5-14H,1-4H3,(H2,31,32,33)(H2,34,35,40). The van der Waals surface area contributed by atoms with Crippen LogP contribution in [-0.4, -0.2) is 43.5 Å². The maximum Gasteiger partial charge on any atom is 0.340 e. The van der Waals surface area contributed by atoms with Gasteiger partial charge in [-0.05, 0) is 42.0 Å². The highest BCUT2D eigenvalue weighted by Crippen LogP contribution is 2.34. The maximum atomic E-state index is 15.3. The predicted molar refractivity (Wildman–Crippen MR) is 149 cm³/mol. The Morgan fingerprint density at radius 2 is 1.76 bits per heavy atom. The highest BCUT2D eigenvalue weighted by Gasteiger charge is 2.24. The number of nitrogens with one attached hydrogen (secondary N) is 2. The Morgan fingerprint density at radius 3 is 2.41 bits per heavy atom. The number of halogens is 2. The summed E-state index contributed by atoms with van der Waals surface area (Å²) in [4.78, 5) is 29.4. The van der Waals surface area contributed by atoms with Gasteiger partial charge in [0.15, 0.2) is 5.82 Å². The molecule has 0 bridgehead atoms. The van der Waals surface area contributed by atoms with Crippen molar-refractivity contribution in [1.82, 2.24) is 24.4 Å². The zero-order valence-electron chi connectivity index (χ0n) is 22.6. The van der Waals surface area contributed by atoms with Gasteiger partial charge in [0.2, 0.25) is 0 Å². The number of hydrogen-bond donors (Lipinski definition) is 3. The summed E-state index contributed by atoms with van der Waals surface area (Å²) in [7, 11) is 1.22. The van der Waals surface area contributed by atoms with Gasteiger partial charge in [-0.2, -0.15) is 10.2 Å². The van der Waals surface area contributed by atoms with Crippen molar-refractivity contribution in [2.75, 3.05) is 23.5 Å². The number of rotatable bonds is 5. The molecule has 41 heavy (non-hydrogen) atoms. The summed E-state index contributed by atoms with van der Waals surface area (Å²) in [6.45, 7) is 5.89. The summed E-state index contributed by atoms with van der Waals surface area (Å²) < 4.78 is 36.5. The van der Waals surface area contributed by atoms with E-state index in [1.807, 2.05) is 20.8 Å². The third kappa shape index (κ3) is 5.29. The van der Waals surface area contributed by atoms with Crippen LogP contribution in [0.3, 0.4) is 0 Å². The molecule has 3 heterocycles. The van der Waals surface area contributed by atoms with Crippen molar-refractivity contribution in [2.24, 2.45) is 0 Å². The molecule has 0 spiro atoms. The molecule has 11 nitrogen and oxygen atoms in total. The molecule has 0 aliphatic carbocycles. The van der Waals surface area contributed by atoms with Gasteiger partial charge in [0.05, 0.1) is 29.7 Å². The molecule has 3 aromatic heterocycles. The number of carbonyl (C=O) groups excluding carboxylic acids is 2. The second-order valence-electron chi connectivity index (χ2n) is 10.2. The second kappa shape index (κ2) is 10.3. The highest BCUT2D eigenvalue weighted by molar-refractivity contribution is 6.05. The van der Waals surface area contributed by atoms with Gasteiger partial charge in [-0.25, -0.2) is 32.6 Å². The molecule has 210 valence electrons. The summed E-state index contributed by atoms with van der Waals surface area (Å²) >= 11 is 0. The maximum absolute atomic E-state index is 15.3. The number of amides is 2. The molecule has 2 amide bonds. The van der Waals surface area contributed by atoms with Gasteiger partial charge in [-0.3, -0.25) is 5.32 Å². The Kier molecular flexibility index (Phi) is 6.87. The average molecular weight is 561 g/mol. The van der Waals surface area contributed by atoms with Crippen LogP contribution in [0.5, 0.6) is 0 Å². The fourth-order valence-corrected chi connectivity index (χ4v) is 4.25. The fourth-order valence-electron chi connectivity index (χ4n) is 4.25. The normalized spacial score (nSPS) is 11.5. The van der Waals surface area contributed by atoms with Gasteiger partial charge >= 0.3 is 12.0 Å². The Morgan fingerprint density at radius 1 is 1.02 bits per heavy atom. The first-order chi connectivity index (χ1) is 19.5. The van der Waals surface area contributed by atoms with Crippen LogP contribution in [0.2, 0.25) is 0 Å². The summed E-state index contributed by atoms with van der Waals surface area (Å²) in [5, 5.41) is 13.8. The van der Waals surface area contributed by atoms with Crippen molar-refractivity contribution in [3.05, 3.63) is 83.9 Å². The van der Waals surface area contributed by atoms with E-state index in [2.05, 4.69) is 25.8 Å². The zero-order chi connectivity index (χ0) is 29.5. The number of hydrogen-bond acceptors (Lipinski definition) is 7. The number of aromatic nitrogens is 5. The minimum Gasteiger partial charge on any atom is -0.465 e. The lowest BCUT2D eigenvalue weighted by Gasteiger charge is -2.14. The topological polar surface area (TPSA) is 141 Å². The molecule has 13 heteroatoms. The van der Waals surface area contributed by atoms with E-state index < -0.39 is 23.6 Å². The molecule has 0 aliphatic rings. The summed E-state index contributed by atoms with van der Waals surface area (Å²) in [5.74, 6) is -1.47. The molecule has 0 radical (unpaired) electrons. The number of anilines is 3. The third-order valence-electron chi connectivity index (χ3n) is 6.30. The molecule has 2 aromatic carbocycles. The van der Waals surface area contributed by atoms with Gasteiger partial charge in [0.25, 0.3) is 0 Å². The van der Waals surface area contributed by atoms with E-state index in [0.29, 0.717) is 28.3 Å². The van der Waals surface area contributed by atoms with Crippen molar-refractivity contribution in [2.45, 2.75) is 26.2 Å². The number of carbonyl (C=O) groups is 2. The molecule has 0 saturated heterocycles. The van der Waals surface area contributed by atoms with Crippen LogP contribution >= 0.6 is 0 Å². The first-order valence-electron chi connectivity index (χ1n) is 12.4. The van der Waals surface area contributed by atoms with Crippen LogP contribution in [0.15, 0.2) is 61.1 Å². The number of nitrogens with zero attached hydrogens (tertiary/aromatic N) is 5. The Labute approximate surface area is 232 Å². The first kappa shape index (κ1) is 27.2. The van der Waals surface area contributed by atoms with Crippen LogP contribution in [0.1, 0.15) is 36.8 Å². The number of nitrogens with two attached hydrogens (primary N) is 1. The zero-order valence-corrected chi connectivity index (χ0v) is 22.6. The molecule has 0 unspecified atom stereocenters. The predicted octanol–water partition coefficient (Wildman–Crippen LogP) is 5.17. The van der Waals surface area contributed by atoms with Crippen molar-refractivity contribution >= 4 is 34.8 Å². The number of methoxy groups -OCH3 is 1. The SMILES string of the molecule is COC(=O)c1cn2ncnc(N)c2c1-c1ccc(NC(=O)Nc2cc(C(C)(C)C)nn2-c2ccc(F)cc2)c(F)c1. The smallest absolute Gasteiger partial charge is 0.340 e. The molecule has 5 rings (SSSR count). The van der Waals surface area contributed by atoms with E-state index in [-0.39, 0.29) is 28.0 Å². The van der Waals surface area contributed by atoms with Crippen molar-refractivity contribution in [3.63, 3.8) is 0 Å². The van der Waals surface area contributed by atoms with Gasteiger partial charge < -0.3 is 15.8 Å². The lowest BCUT2D eigenvalue weighted by Crippen LogP contribution is -2.22. The molecular formula is C28H26F2N8O3. The third-order valence-corrected chi connectivity index (χ3v) is 6.30. The van der Waals surface area contributed by atoms with E-state index in [9.17, 15) is 14.0 Å². The number of esters is 1. The van der Waals surface area contributed by atoms with E-state index in [0.717, 1.165) is 6.07 Å². The van der Waals surface area contributed by atoms with Crippen LogP contribution in [0, 0.1) is 11.6 Å². The largest absolute Gasteiger partial charge is 0.465 e. The average Bonchev–Trinajstić information content (AvgIpc) is 3.53. The first-order valence-corrected chi connectivity index (χ1v) is 12.4. The van der Waals surface area contributed by atoms with Gasteiger partial charge in [-0.15, -0.1) is 0 Å². The molecule has 0 fully saturated rings. The van der Waals surface area contributed by atoms with Gasteiger partial charge in [-0.1, -0.05) is 26.8 Å². The van der Waals surface area contributed by atoms with E-state index in [1.54, 1.807) is 6.07 Å². The number of fused-ring (bicyclic) bond motifs is 1. The van der Waals surface area contributed by atoms with Crippen LogP contribution in [0.4, 0.5) is 30.9 Å². The summed E-state index contributed by atoms with van der Waals surface area (Å²) in [6, 6.07) is 10.6. The number of nitrogen functional groups attached to an aromatic ring is 1. The number of urea groups is 1. The molecule has 0 atom stereocenters. The molecular weight excluding hydrogens is 534 g/mol. The van der Waals surface area contributed by atoms with Crippen LogP contribution < -0.4 is 16.4 Å². The summed E-state index contributed by atoms with van der Waals surface area (Å²) in [5.41, 5.74) is 7.76. The van der Waals surface area contributed by atoms with Crippen molar-refractivity contribution in [3.8, 4) is 16.8 Å².